The zero-order chi connectivity index (χ0) is 19.6. The topological polar surface area (TPSA) is 87.3 Å². The molecule has 0 bridgehead atoms. The average Bonchev–Trinajstić information content (AvgIpc) is 2.62. The van der Waals surface area contributed by atoms with Gasteiger partial charge in [0, 0.05) is 11.5 Å². The Labute approximate surface area is 150 Å². The van der Waals surface area contributed by atoms with Gasteiger partial charge in [0.1, 0.15) is 0 Å². The fraction of sp³-hybridized carbons (Fsp3) is 0.235. The molecule has 2 N–H and O–H groups in total. The van der Waals surface area contributed by atoms with E-state index in [0.717, 1.165) is 12.4 Å². The van der Waals surface area contributed by atoms with Crippen molar-refractivity contribution < 1.29 is 31.8 Å². The molecule has 3 rings (SSSR count). The number of hydrogen-bond acceptors (Lipinski definition) is 5. The highest BCUT2D eigenvalue weighted by Crippen LogP contribution is 2.41. The van der Waals surface area contributed by atoms with Gasteiger partial charge in [-0.2, -0.15) is 17.6 Å². The second kappa shape index (κ2) is 7.22. The maximum Gasteiger partial charge on any atom is 0.451 e. The number of ether oxygens (including phenoxy) is 2. The summed E-state index contributed by atoms with van der Waals surface area (Å²) < 4.78 is 62.7. The number of rotatable bonds is 4. The fourth-order valence-electron chi connectivity index (χ4n) is 2.57. The maximum absolute atomic E-state index is 14.7. The van der Waals surface area contributed by atoms with Crippen LogP contribution in [-0.2, 0) is 11.0 Å². The third-order valence-corrected chi connectivity index (χ3v) is 3.77. The SMILES string of the molecule is NC(=O)C=CC1CCOc2c1ccc(Oc1cnc(C(F)(F)F)nc1)c2F. The lowest BCUT2D eigenvalue weighted by atomic mass is 9.92. The highest BCUT2D eigenvalue weighted by Gasteiger charge is 2.34. The first-order valence-corrected chi connectivity index (χ1v) is 7.75. The first-order chi connectivity index (χ1) is 12.8. The van der Waals surface area contributed by atoms with E-state index in [4.69, 9.17) is 15.2 Å². The smallest absolute Gasteiger partial charge is 0.451 e. The standard InChI is InChI=1S/C17H13F4N3O3/c18-14-12(27-10-7-23-16(24-8-10)17(19,20)21)3-2-11-9(1-4-13(22)25)5-6-26-15(11)14/h1-4,7-9H,5-6H2,(H2,22,25). The monoisotopic (exact) mass is 383 g/mol. The summed E-state index contributed by atoms with van der Waals surface area (Å²) in [5, 5.41) is 0. The number of aromatic nitrogens is 2. The first-order valence-electron chi connectivity index (χ1n) is 7.75. The molecule has 1 aromatic heterocycles. The van der Waals surface area contributed by atoms with Crippen LogP contribution in [0.2, 0.25) is 0 Å². The van der Waals surface area contributed by atoms with Crippen molar-refractivity contribution in [3.8, 4) is 17.2 Å². The van der Waals surface area contributed by atoms with Crippen molar-refractivity contribution in [1.82, 2.24) is 9.97 Å². The van der Waals surface area contributed by atoms with Gasteiger partial charge in [-0.3, -0.25) is 4.79 Å². The molecule has 1 aliphatic rings. The summed E-state index contributed by atoms with van der Waals surface area (Å²) in [7, 11) is 0. The Morgan fingerprint density at radius 2 is 2.00 bits per heavy atom. The number of primary amides is 1. The molecule has 0 spiro atoms. The van der Waals surface area contributed by atoms with Crippen molar-refractivity contribution in [3.63, 3.8) is 0 Å². The molecule has 0 aliphatic carbocycles. The van der Waals surface area contributed by atoms with Gasteiger partial charge in [0.15, 0.2) is 17.2 Å². The predicted molar refractivity (Wildman–Crippen MR) is 84.7 cm³/mol. The van der Waals surface area contributed by atoms with Crippen molar-refractivity contribution >= 4 is 5.91 Å². The van der Waals surface area contributed by atoms with Crippen molar-refractivity contribution in [1.29, 1.82) is 0 Å². The molecule has 142 valence electrons. The third kappa shape index (κ3) is 4.15. The van der Waals surface area contributed by atoms with E-state index in [1.807, 2.05) is 0 Å². The average molecular weight is 383 g/mol. The number of nitrogens with two attached hydrogens (primary N) is 1. The van der Waals surface area contributed by atoms with E-state index in [1.165, 1.54) is 12.1 Å². The van der Waals surface area contributed by atoms with Crippen molar-refractivity contribution in [3.05, 3.63) is 53.9 Å². The largest absolute Gasteiger partial charge is 0.490 e. The Kier molecular flexibility index (Phi) is 4.98. The van der Waals surface area contributed by atoms with Gasteiger partial charge in [-0.25, -0.2) is 9.97 Å². The number of allylic oxidation sites excluding steroid dienone is 1. The molecule has 0 saturated heterocycles. The van der Waals surface area contributed by atoms with Gasteiger partial charge in [-0.15, -0.1) is 0 Å². The van der Waals surface area contributed by atoms with Gasteiger partial charge in [-0.1, -0.05) is 12.1 Å². The Morgan fingerprint density at radius 3 is 2.63 bits per heavy atom. The van der Waals surface area contributed by atoms with E-state index in [0.29, 0.717) is 12.0 Å². The van der Waals surface area contributed by atoms with Gasteiger partial charge < -0.3 is 15.2 Å². The zero-order valence-electron chi connectivity index (χ0n) is 13.7. The third-order valence-electron chi connectivity index (χ3n) is 3.77. The maximum atomic E-state index is 14.7. The van der Waals surface area contributed by atoms with Crippen LogP contribution >= 0.6 is 0 Å². The minimum atomic E-state index is -4.68. The van der Waals surface area contributed by atoms with Gasteiger partial charge in [0.05, 0.1) is 19.0 Å². The molecule has 2 aromatic rings. The molecule has 10 heteroatoms. The minimum absolute atomic E-state index is 0.0503. The van der Waals surface area contributed by atoms with E-state index in [2.05, 4.69) is 9.97 Å². The Hall–Kier alpha value is -3.17. The lowest BCUT2D eigenvalue weighted by Gasteiger charge is -2.24. The van der Waals surface area contributed by atoms with Gasteiger partial charge in [-0.05, 0) is 18.6 Å². The molecule has 27 heavy (non-hydrogen) atoms. The summed E-state index contributed by atoms with van der Waals surface area (Å²) in [5.74, 6) is -3.49. The van der Waals surface area contributed by atoms with Crippen molar-refractivity contribution in [2.24, 2.45) is 5.73 Å². The molecule has 2 heterocycles. The van der Waals surface area contributed by atoms with Crippen molar-refractivity contribution in [2.75, 3.05) is 6.61 Å². The van der Waals surface area contributed by atoms with Gasteiger partial charge in [0.25, 0.3) is 0 Å². The summed E-state index contributed by atoms with van der Waals surface area (Å²) >= 11 is 0. The first kappa shape index (κ1) is 18.6. The van der Waals surface area contributed by atoms with Crippen LogP contribution in [0.1, 0.15) is 23.7 Å². The molecule has 1 unspecified atom stereocenters. The van der Waals surface area contributed by atoms with Crippen LogP contribution in [0, 0.1) is 5.82 Å². The second-order valence-electron chi connectivity index (χ2n) is 5.64. The van der Waals surface area contributed by atoms with Crippen LogP contribution in [0.4, 0.5) is 17.6 Å². The predicted octanol–water partition coefficient (Wildman–Crippen LogP) is 3.33. The molecular weight excluding hydrogens is 370 g/mol. The number of halogens is 4. The van der Waals surface area contributed by atoms with Crippen LogP contribution < -0.4 is 15.2 Å². The van der Waals surface area contributed by atoms with Crippen LogP contribution in [0.25, 0.3) is 0 Å². The van der Waals surface area contributed by atoms with Crippen LogP contribution in [-0.4, -0.2) is 22.5 Å². The molecule has 6 nitrogen and oxygen atoms in total. The lowest BCUT2D eigenvalue weighted by Crippen LogP contribution is -2.15. The number of fused-ring (bicyclic) bond motifs is 1. The van der Waals surface area contributed by atoms with Crippen molar-refractivity contribution in [2.45, 2.75) is 18.5 Å². The molecule has 1 aromatic carbocycles. The normalized spacial score (nSPS) is 16.7. The number of carbonyl (C=O) groups excluding carboxylic acids is 1. The molecule has 1 aliphatic heterocycles. The van der Waals surface area contributed by atoms with Crippen LogP contribution in [0.5, 0.6) is 17.2 Å². The minimum Gasteiger partial charge on any atom is -0.490 e. The van der Waals surface area contributed by atoms with E-state index >= 15 is 0 Å². The van der Waals surface area contributed by atoms with Crippen LogP contribution in [0.15, 0.2) is 36.7 Å². The second-order valence-corrected chi connectivity index (χ2v) is 5.64. The highest BCUT2D eigenvalue weighted by atomic mass is 19.4. The summed E-state index contributed by atoms with van der Waals surface area (Å²) in [6.07, 6.45) is 0.205. The van der Waals surface area contributed by atoms with E-state index in [9.17, 15) is 22.4 Å². The fourth-order valence-corrected chi connectivity index (χ4v) is 2.57. The molecule has 0 fully saturated rings. The van der Waals surface area contributed by atoms with Crippen LogP contribution in [0.3, 0.4) is 0 Å². The van der Waals surface area contributed by atoms with E-state index < -0.39 is 23.7 Å². The molecule has 1 amide bonds. The lowest BCUT2D eigenvalue weighted by molar-refractivity contribution is -0.145. The van der Waals surface area contributed by atoms with E-state index in [1.54, 1.807) is 12.1 Å². The number of carbonyl (C=O) groups is 1. The summed E-state index contributed by atoms with van der Waals surface area (Å²) in [4.78, 5) is 17.2. The Morgan fingerprint density at radius 1 is 1.30 bits per heavy atom. The number of nitrogens with zero attached hydrogens (tertiary/aromatic N) is 2. The molecule has 0 radical (unpaired) electrons. The quantitative estimate of drug-likeness (QED) is 0.646. The van der Waals surface area contributed by atoms with Gasteiger partial charge >= 0.3 is 6.18 Å². The summed E-state index contributed by atoms with van der Waals surface area (Å²) in [6, 6.07) is 2.86. The molecular formula is C17H13F4N3O3. The van der Waals surface area contributed by atoms with E-state index in [-0.39, 0.29) is 29.8 Å². The highest BCUT2D eigenvalue weighted by molar-refractivity contribution is 5.85. The summed E-state index contributed by atoms with van der Waals surface area (Å²) in [6.45, 7) is 0.213. The number of alkyl halides is 3. The summed E-state index contributed by atoms with van der Waals surface area (Å²) in [5.41, 5.74) is 5.58. The zero-order valence-corrected chi connectivity index (χ0v) is 13.7. The number of amides is 1. The Bertz CT molecular complexity index is 882. The Balaban J connectivity index is 1.85. The molecule has 1 atom stereocenters. The molecule has 0 saturated carbocycles. The van der Waals surface area contributed by atoms with Gasteiger partial charge in [0.2, 0.25) is 17.5 Å². The number of benzene rings is 1. The number of hydrogen-bond donors (Lipinski definition) is 1.